The lowest BCUT2D eigenvalue weighted by Gasteiger charge is -2.13. The summed E-state index contributed by atoms with van der Waals surface area (Å²) in [5.74, 6) is 1.26. The second kappa shape index (κ2) is 8.67. The van der Waals surface area contributed by atoms with Gasteiger partial charge in [-0.15, -0.1) is 11.8 Å². The Morgan fingerprint density at radius 1 is 1.22 bits per heavy atom. The van der Waals surface area contributed by atoms with E-state index in [-0.39, 0.29) is 16.7 Å². The highest BCUT2D eigenvalue weighted by Crippen LogP contribution is 2.17. The minimum atomic E-state index is -0.218. The van der Waals surface area contributed by atoms with E-state index >= 15 is 0 Å². The molecule has 142 valence electrons. The van der Waals surface area contributed by atoms with Crippen LogP contribution < -0.4 is 10.9 Å². The lowest BCUT2D eigenvalue weighted by molar-refractivity contribution is 0.667. The lowest BCUT2D eigenvalue weighted by Crippen LogP contribution is -2.26. The Kier molecular flexibility index (Phi) is 6.28. The van der Waals surface area contributed by atoms with E-state index in [0.29, 0.717) is 29.9 Å². The average Bonchev–Trinajstić information content (AvgIpc) is 2.64. The van der Waals surface area contributed by atoms with Crippen LogP contribution in [0.2, 0.25) is 5.28 Å². The van der Waals surface area contributed by atoms with Crippen molar-refractivity contribution in [3.8, 4) is 0 Å². The number of hydrogen-bond acceptors (Lipinski definition) is 7. The van der Waals surface area contributed by atoms with E-state index in [4.69, 9.17) is 11.6 Å². The van der Waals surface area contributed by atoms with Crippen molar-refractivity contribution in [2.45, 2.75) is 45.3 Å². The van der Waals surface area contributed by atoms with Gasteiger partial charge in [0.15, 0.2) is 11.5 Å². The first-order valence-electron chi connectivity index (χ1n) is 8.79. The van der Waals surface area contributed by atoms with Gasteiger partial charge in [0.05, 0.1) is 10.7 Å². The van der Waals surface area contributed by atoms with E-state index < -0.39 is 0 Å². The Bertz CT molecular complexity index is 1010. The van der Waals surface area contributed by atoms with Crippen LogP contribution >= 0.6 is 23.4 Å². The van der Waals surface area contributed by atoms with Crippen LogP contribution in [0.1, 0.15) is 31.5 Å². The quantitative estimate of drug-likeness (QED) is 0.474. The summed E-state index contributed by atoms with van der Waals surface area (Å²) in [6.07, 6.45) is 2.60. The van der Waals surface area contributed by atoms with Crippen LogP contribution in [0.3, 0.4) is 0 Å². The van der Waals surface area contributed by atoms with Crippen molar-refractivity contribution in [3.63, 3.8) is 0 Å². The van der Waals surface area contributed by atoms with Crippen molar-refractivity contribution in [3.05, 3.63) is 45.2 Å². The van der Waals surface area contributed by atoms with E-state index in [1.165, 1.54) is 0 Å². The third kappa shape index (κ3) is 4.39. The predicted octanol–water partition coefficient (Wildman–Crippen LogP) is 3.68. The number of pyridine rings is 1. The van der Waals surface area contributed by atoms with Crippen LogP contribution in [-0.2, 0) is 13.1 Å². The number of anilines is 1. The molecule has 0 unspecified atom stereocenters. The van der Waals surface area contributed by atoms with E-state index in [1.807, 2.05) is 32.2 Å². The number of fused-ring (bicyclic) bond motifs is 1. The fourth-order valence-electron chi connectivity index (χ4n) is 2.70. The zero-order valence-electron chi connectivity index (χ0n) is 15.5. The summed E-state index contributed by atoms with van der Waals surface area (Å²) in [6, 6.07) is 3.98. The maximum absolute atomic E-state index is 12.9. The summed E-state index contributed by atoms with van der Waals surface area (Å²) < 4.78 is 1.60. The van der Waals surface area contributed by atoms with E-state index in [2.05, 4.69) is 32.2 Å². The van der Waals surface area contributed by atoms with E-state index in [1.54, 1.807) is 16.3 Å². The molecule has 0 fully saturated rings. The van der Waals surface area contributed by atoms with Crippen LogP contribution in [0.25, 0.3) is 11.2 Å². The molecule has 3 rings (SSSR count). The fourth-order valence-corrected chi connectivity index (χ4v) is 3.50. The molecule has 0 spiro atoms. The van der Waals surface area contributed by atoms with E-state index in [9.17, 15) is 4.79 Å². The largest absolute Gasteiger partial charge is 0.361 e. The summed E-state index contributed by atoms with van der Waals surface area (Å²) in [5.41, 5.74) is 2.43. The average molecular weight is 405 g/mol. The topological polar surface area (TPSA) is 85.6 Å². The van der Waals surface area contributed by atoms with Crippen molar-refractivity contribution in [1.29, 1.82) is 0 Å². The Morgan fingerprint density at radius 3 is 2.70 bits per heavy atom. The molecule has 0 saturated heterocycles. The third-order valence-corrected chi connectivity index (χ3v) is 4.93. The molecule has 27 heavy (non-hydrogen) atoms. The zero-order valence-corrected chi connectivity index (χ0v) is 17.1. The number of nitrogens with zero attached hydrogens (tertiary/aromatic N) is 5. The molecule has 3 heterocycles. The molecule has 0 bridgehead atoms. The maximum atomic E-state index is 12.9. The number of thioether (sulfide) groups is 1. The van der Waals surface area contributed by atoms with Crippen LogP contribution in [0.5, 0.6) is 0 Å². The molecule has 0 aliphatic heterocycles. The minimum Gasteiger partial charge on any atom is -0.361 e. The van der Waals surface area contributed by atoms with Crippen molar-refractivity contribution in [1.82, 2.24) is 24.5 Å². The molecular formula is C18H21ClN6OS. The summed E-state index contributed by atoms with van der Waals surface area (Å²) in [5, 5.41) is 4.23. The third-order valence-electron chi connectivity index (χ3n) is 3.94. The van der Waals surface area contributed by atoms with Crippen molar-refractivity contribution in [2.75, 3.05) is 11.1 Å². The van der Waals surface area contributed by atoms with Gasteiger partial charge in [-0.3, -0.25) is 9.36 Å². The SMILES string of the molecule is CCCn1c(=O)c(NCc2ccc(SCC)nc2)nc2c(C)nc(Cl)nc21. The summed E-state index contributed by atoms with van der Waals surface area (Å²) in [7, 11) is 0. The van der Waals surface area contributed by atoms with Gasteiger partial charge in [0.25, 0.3) is 5.56 Å². The molecule has 3 aromatic heterocycles. The Balaban J connectivity index is 1.94. The lowest BCUT2D eigenvalue weighted by atomic mass is 10.3. The molecule has 0 saturated carbocycles. The Labute approximate surface area is 166 Å². The summed E-state index contributed by atoms with van der Waals surface area (Å²) in [6.45, 7) is 6.89. The second-order valence-electron chi connectivity index (χ2n) is 5.96. The van der Waals surface area contributed by atoms with E-state index in [0.717, 1.165) is 22.8 Å². The minimum absolute atomic E-state index is 0.114. The van der Waals surface area contributed by atoms with Crippen LogP contribution in [0.4, 0.5) is 5.82 Å². The highest BCUT2D eigenvalue weighted by atomic mass is 35.5. The molecule has 9 heteroatoms. The number of rotatable bonds is 7. The first kappa shape index (κ1) is 19.6. The molecule has 0 aliphatic rings. The van der Waals surface area contributed by atoms with Gasteiger partial charge in [-0.05, 0) is 42.3 Å². The fraction of sp³-hybridized carbons (Fsp3) is 0.389. The van der Waals surface area contributed by atoms with Gasteiger partial charge in [-0.25, -0.2) is 15.0 Å². The number of aromatic nitrogens is 5. The second-order valence-corrected chi connectivity index (χ2v) is 7.58. The predicted molar refractivity (Wildman–Crippen MR) is 110 cm³/mol. The number of nitrogens with one attached hydrogen (secondary N) is 1. The molecule has 0 atom stereocenters. The molecule has 1 N–H and O–H groups in total. The van der Waals surface area contributed by atoms with Crippen LogP contribution in [0, 0.1) is 6.92 Å². The van der Waals surface area contributed by atoms with Gasteiger partial charge < -0.3 is 5.32 Å². The van der Waals surface area contributed by atoms with Crippen LogP contribution in [0.15, 0.2) is 28.2 Å². The zero-order chi connectivity index (χ0) is 19.4. The summed E-state index contributed by atoms with van der Waals surface area (Å²) >= 11 is 7.67. The molecule has 7 nitrogen and oxygen atoms in total. The van der Waals surface area contributed by atoms with Crippen molar-refractivity contribution < 1.29 is 0 Å². The molecule has 0 amide bonds. The highest BCUT2D eigenvalue weighted by Gasteiger charge is 2.15. The van der Waals surface area contributed by atoms with Gasteiger partial charge in [-0.2, -0.15) is 4.98 Å². The normalized spacial score (nSPS) is 11.1. The monoisotopic (exact) mass is 404 g/mol. The summed E-state index contributed by atoms with van der Waals surface area (Å²) in [4.78, 5) is 30.1. The Hall–Kier alpha value is -2.19. The highest BCUT2D eigenvalue weighted by molar-refractivity contribution is 7.99. The number of hydrogen-bond donors (Lipinski definition) is 1. The first-order chi connectivity index (χ1) is 13.0. The van der Waals surface area contributed by atoms with Crippen LogP contribution in [-0.4, -0.2) is 30.3 Å². The molecular weight excluding hydrogens is 384 g/mol. The van der Waals surface area contributed by atoms with Crippen molar-refractivity contribution in [2.24, 2.45) is 0 Å². The standard InChI is InChI=1S/C18H21ClN6OS/c1-4-8-25-16-14(11(3)22-18(19)24-16)23-15(17(25)26)21-10-12-6-7-13(20-9-12)27-5-2/h6-7,9H,4-5,8,10H2,1-3H3,(H,21,23). The molecule has 0 aliphatic carbocycles. The maximum Gasteiger partial charge on any atom is 0.294 e. The molecule has 3 aromatic rings. The Morgan fingerprint density at radius 2 is 2.04 bits per heavy atom. The van der Waals surface area contributed by atoms with Gasteiger partial charge >= 0.3 is 0 Å². The smallest absolute Gasteiger partial charge is 0.294 e. The number of aryl methyl sites for hydroxylation is 2. The van der Waals surface area contributed by atoms with Gasteiger partial charge in [-0.1, -0.05) is 19.9 Å². The van der Waals surface area contributed by atoms with Gasteiger partial charge in [0.2, 0.25) is 5.28 Å². The van der Waals surface area contributed by atoms with Crippen molar-refractivity contribution >= 4 is 40.3 Å². The van der Waals surface area contributed by atoms with Gasteiger partial charge in [0, 0.05) is 19.3 Å². The first-order valence-corrected chi connectivity index (χ1v) is 10.2. The number of halogens is 1. The molecule has 0 aromatic carbocycles. The molecule has 0 radical (unpaired) electrons. The van der Waals surface area contributed by atoms with Gasteiger partial charge in [0.1, 0.15) is 5.52 Å².